The monoisotopic (exact) mass is 466 g/mol. The van der Waals surface area contributed by atoms with Crippen molar-refractivity contribution in [1.82, 2.24) is 0 Å². The molecule has 0 spiro atoms. The maximum absolute atomic E-state index is 12.3. The maximum Gasteiger partial charge on any atom is 0.308 e. The molecule has 2 aromatic rings. The smallest absolute Gasteiger partial charge is 0.308 e. The van der Waals surface area contributed by atoms with Crippen molar-refractivity contribution in [2.75, 3.05) is 11.9 Å². The van der Waals surface area contributed by atoms with E-state index in [0.717, 1.165) is 28.4 Å². The molecule has 0 heterocycles. The van der Waals surface area contributed by atoms with Gasteiger partial charge in [-0.15, -0.1) is 0 Å². The van der Waals surface area contributed by atoms with Crippen molar-refractivity contribution in [3.63, 3.8) is 0 Å². The number of rotatable bonds is 8. The van der Waals surface area contributed by atoms with Crippen LogP contribution < -0.4 is 5.32 Å². The van der Waals surface area contributed by atoms with Gasteiger partial charge in [0.2, 0.25) is 0 Å². The number of hydrogen-bond donors (Lipinski definition) is 1. The van der Waals surface area contributed by atoms with E-state index in [9.17, 15) is 14.9 Å². The van der Waals surface area contributed by atoms with Gasteiger partial charge in [0.25, 0.3) is 5.69 Å². The van der Waals surface area contributed by atoms with Gasteiger partial charge >= 0.3 is 5.97 Å². The number of nitrogens with one attached hydrogen (secondary N) is 1. The maximum atomic E-state index is 12.3. The second kappa shape index (κ2) is 8.92. The number of ether oxygens (including phenoxy) is 1. The summed E-state index contributed by atoms with van der Waals surface area (Å²) >= 11 is 9.66. The molecule has 1 N–H and O–H groups in total. The number of anilines is 1. The van der Waals surface area contributed by atoms with Crippen LogP contribution in [0.5, 0.6) is 0 Å². The highest BCUT2D eigenvalue weighted by atomic mass is 79.9. The van der Waals surface area contributed by atoms with Crippen LogP contribution in [0.3, 0.4) is 0 Å². The predicted octanol–water partition coefficient (Wildman–Crippen LogP) is 5.99. The number of hydrogen-bond acceptors (Lipinski definition) is 5. The van der Waals surface area contributed by atoms with E-state index in [2.05, 4.69) is 21.2 Å². The van der Waals surface area contributed by atoms with Crippen molar-refractivity contribution in [2.45, 2.75) is 38.1 Å². The van der Waals surface area contributed by atoms with Crippen LogP contribution >= 0.6 is 27.5 Å². The van der Waals surface area contributed by atoms with Crippen LogP contribution in [0, 0.1) is 10.1 Å². The van der Waals surface area contributed by atoms with E-state index in [0.29, 0.717) is 10.9 Å². The standard InChI is InChI=1S/C20H20BrClN2O4/c1-2-28-19(25)11-17(20-14(12-6-7-12)4-3-5-15(20)21)23-16-10-13(22)8-9-18(16)24(26)27/h3-5,8-10,12,17,23H,2,6-7,11H2,1H3/t17-/m1/s1. The first-order chi connectivity index (χ1) is 13.4. The Morgan fingerprint density at radius 3 is 2.79 bits per heavy atom. The van der Waals surface area contributed by atoms with Crippen LogP contribution in [0.25, 0.3) is 0 Å². The Bertz CT molecular complexity index is 902. The van der Waals surface area contributed by atoms with Crippen molar-refractivity contribution in [1.29, 1.82) is 0 Å². The Labute approximate surface area is 176 Å². The Hall–Kier alpha value is -2.12. The minimum absolute atomic E-state index is 0.0415. The fourth-order valence-electron chi connectivity index (χ4n) is 3.25. The fraction of sp³-hybridized carbons (Fsp3) is 0.350. The lowest BCUT2D eigenvalue weighted by Crippen LogP contribution is -2.19. The molecule has 1 aliphatic rings. The normalized spacial score (nSPS) is 14.4. The third-order valence-electron chi connectivity index (χ3n) is 4.61. The second-order valence-corrected chi connectivity index (χ2v) is 7.93. The second-order valence-electron chi connectivity index (χ2n) is 6.64. The highest BCUT2D eigenvalue weighted by molar-refractivity contribution is 9.10. The highest BCUT2D eigenvalue weighted by Crippen LogP contribution is 2.46. The van der Waals surface area contributed by atoms with E-state index in [-0.39, 0.29) is 30.4 Å². The van der Waals surface area contributed by atoms with E-state index in [1.54, 1.807) is 6.92 Å². The van der Waals surface area contributed by atoms with Crippen molar-refractivity contribution in [2.24, 2.45) is 0 Å². The molecule has 148 valence electrons. The van der Waals surface area contributed by atoms with Gasteiger partial charge in [0.05, 0.1) is 24.0 Å². The number of nitro benzene ring substituents is 1. The zero-order valence-corrected chi connectivity index (χ0v) is 17.6. The van der Waals surface area contributed by atoms with Gasteiger partial charge in [0.1, 0.15) is 5.69 Å². The third-order valence-corrected chi connectivity index (χ3v) is 5.54. The molecule has 1 saturated carbocycles. The number of nitro groups is 1. The molecule has 0 aromatic heterocycles. The molecule has 2 aromatic carbocycles. The van der Waals surface area contributed by atoms with Gasteiger partial charge in [-0.3, -0.25) is 14.9 Å². The largest absolute Gasteiger partial charge is 0.466 e. The number of carbonyl (C=O) groups excluding carboxylic acids is 1. The van der Waals surface area contributed by atoms with Crippen molar-refractivity contribution in [3.8, 4) is 0 Å². The molecular formula is C20H20BrClN2O4. The lowest BCUT2D eigenvalue weighted by molar-refractivity contribution is -0.384. The molecule has 28 heavy (non-hydrogen) atoms. The number of nitrogens with zero attached hydrogens (tertiary/aromatic N) is 1. The average molecular weight is 468 g/mol. The number of carbonyl (C=O) groups is 1. The lowest BCUT2D eigenvalue weighted by Gasteiger charge is -2.24. The summed E-state index contributed by atoms with van der Waals surface area (Å²) in [5.41, 5.74) is 2.23. The first kappa shape index (κ1) is 20.6. The number of benzene rings is 2. The van der Waals surface area contributed by atoms with E-state index < -0.39 is 11.0 Å². The number of halogens is 2. The lowest BCUT2D eigenvalue weighted by atomic mass is 9.94. The van der Waals surface area contributed by atoms with Crippen molar-refractivity contribution < 1.29 is 14.5 Å². The Morgan fingerprint density at radius 1 is 1.39 bits per heavy atom. The van der Waals surface area contributed by atoms with E-state index in [1.165, 1.54) is 18.2 Å². The summed E-state index contributed by atoms with van der Waals surface area (Å²) < 4.78 is 5.99. The first-order valence-electron chi connectivity index (χ1n) is 9.05. The van der Waals surface area contributed by atoms with Crippen LogP contribution in [0.1, 0.15) is 49.3 Å². The van der Waals surface area contributed by atoms with Gasteiger partial charge in [-0.05, 0) is 55.0 Å². The SMILES string of the molecule is CCOC(=O)C[C@@H](Nc1cc(Cl)ccc1[N+](=O)[O-])c1c(Br)cccc1C1CC1. The zero-order valence-electron chi connectivity index (χ0n) is 15.3. The molecule has 0 radical (unpaired) electrons. The molecule has 0 amide bonds. The summed E-state index contributed by atoms with van der Waals surface area (Å²) in [5.74, 6) is 0.0653. The van der Waals surface area contributed by atoms with E-state index in [4.69, 9.17) is 16.3 Å². The summed E-state index contributed by atoms with van der Waals surface area (Å²) in [5, 5.41) is 15.0. The number of esters is 1. The van der Waals surface area contributed by atoms with E-state index in [1.807, 2.05) is 18.2 Å². The molecule has 1 atom stereocenters. The average Bonchev–Trinajstić information content (AvgIpc) is 3.46. The van der Waals surface area contributed by atoms with Gasteiger partial charge in [0, 0.05) is 15.6 Å². The topological polar surface area (TPSA) is 81.5 Å². The predicted molar refractivity (Wildman–Crippen MR) is 112 cm³/mol. The van der Waals surface area contributed by atoms with Gasteiger partial charge in [-0.2, -0.15) is 0 Å². The molecule has 3 rings (SSSR count). The Kier molecular flexibility index (Phi) is 6.57. The molecule has 1 aliphatic carbocycles. The van der Waals surface area contributed by atoms with Crippen LogP contribution in [-0.4, -0.2) is 17.5 Å². The summed E-state index contributed by atoms with van der Waals surface area (Å²) in [6.45, 7) is 2.02. The molecule has 0 unspecified atom stereocenters. The molecule has 0 saturated heterocycles. The molecule has 0 aliphatic heterocycles. The summed E-state index contributed by atoms with van der Waals surface area (Å²) in [6, 6.07) is 9.75. The van der Waals surface area contributed by atoms with Crippen LogP contribution in [0.4, 0.5) is 11.4 Å². The van der Waals surface area contributed by atoms with Crippen LogP contribution in [-0.2, 0) is 9.53 Å². The minimum Gasteiger partial charge on any atom is -0.466 e. The molecule has 8 heteroatoms. The molecule has 0 bridgehead atoms. The quantitative estimate of drug-likeness (QED) is 0.293. The van der Waals surface area contributed by atoms with E-state index >= 15 is 0 Å². The van der Waals surface area contributed by atoms with Gasteiger partial charge < -0.3 is 10.1 Å². The third kappa shape index (κ3) is 4.83. The summed E-state index contributed by atoms with van der Waals surface area (Å²) in [6.07, 6.45) is 2.22. The van der Waals surface area contributed by atoms with Crippen molar-refractivity contribution in [3.05, 3.63) is 67.1 Å². The molecule has 6 nitrogen and oxygen atoms in total. The Morgan fingerprint density at radius 2 is 2.14 bits per heavy atom. The van der Waals surface area contributed by atoms with Gasteiger partial charge in [-0.1, -0.05) is 39.7 Å². The van der Waals surface area contributed by atoms with Crippen LogP contribution in [0.2, 0.25) is 5.02 Å². The van der Waals surface area contributed by atoms with Gasteiger partial charge in [-0.25, -0.2) is 0 Å². The zero-order chi connectivity index (χ0) is 20.3. The fourth-order valence-corrected chi connectivity index (χ4v) is 4.08. The summed E-state index contributed by atoms with van der Waals surface area (Å²) in [7, 11) is 0. The van der Waals surface area contributed by atoms with Crippen molar-refractivity contribution >= 4 is 44.9 Å². The minimum atomic E-state index is -0.498. The first-order valence-corrected chi connectivity index (χ1v) is 10.2. The van der Waals surface area contributed by atoms with Crippen LogP contribution in [0.15, 0.2) is 40.9 Å². The van der Waals surface area contributed by atoms with Gasteiger partial charge in [0.15, 0.2) is 0 Å². The highest BCUT2D eigenvalue weighted by Gasteiger charge is 2.31. The molecular weight excluding hydrogens is 448 g/mol. The molecule has 1 fully saturated rings. The Balaban J connectivity index is 2.03. The summed E-state index contributed by atoms with van der Waals surface area (Å²) in [4.78, 5) is 23.3.